The number of aromatic nitrogens is 1. The minimum absolute atomic E-state index is 0.0609. The number of fused-ring (bicyclic) bond motifs is 5. The Morgan fingerprint density at radius 2 is 1.80 bits per heavy atom. The van der Waals surface area contributed by atoms with Crippen molar-refractivity contribution >= 4 is 64.8 Å². The fourth-order valence-corrected chi connectivity index (χ4v) is 6.42. The van der Waals surface area contributed by atoms with Gasteiger partial charge in [0.05, 0.1) is 11.1 Å². The van der Waals surface area contributed by atoms with Crippen molar-refractivity contribution in [1.82, 2.24) is 4.98 Å². The van der Waals surface area contributed by atoms with Crippen molar-refractivity contribution in [2.24, 2.45) is 0 Å². The molecule has 4 heteroatoms. The summed E-state index contributed by atoms with van der Waals surface area (Å²) in [5.41, 5.74) is 6.72. The van der Waals surface area contributed by atoms with Gasteiger partial charge in [0.25, 0.3) is 0 Å². The minimum Gasteiger partial charge on any atom is -0.456 e. The van der Waals surface area contributed by atoms with E-state index >= 15 is 0 Å². The van der Waals surface area contributed by atoms with Crippen LogP contribution in [0.15, 0.2) is 57.8 Å². The molecule has 4 heterocycles. The lowest BCUT2D eigenvalue weighted by Crippen LogP contribution is -2.11. The second-order valence-corrected chi connectivity index (χ2v) is 10.8. The van der Waals surface area contributed by atoms with Crippen molar-refractivity contribution in [3.63, 3.8) is 0 Å². The van der Waals surface area contributed by atoms with E-state index < -0.39 is 0 Å². The maximum atomic E-state index is 6.27. The zero-order valence-corrected chi connectivity index (χ0v) is 19.0. The minimum atomic E-state index is 0.0609. The van der Waals surface area contributed by atoms with Gasteiger partial charge in [-0.05, 0) is 81.4 Å². The molecule has 2 nitrogen and oxygen atoms in total. The van der Waals surface area contributed by atoms with Gasteiger partial charge in [-0.15, -0.1) is 22.7 Å². The van der Waals surface area contributed by atoms with Gasteiger partial charge in [-0.25, -0.2) is 0 Å². The van der Waals surface area contributed by atoms with Crippen LogP contribution in [0, 0.1) is 6.92 Å². The van der Waals surface area contributed by atoms with E-state index in [9.17, 15) is 0 Å². The average molecular weight is 428 g/mol. The van der Waals surface area contributed by atoms with Crippen LogP contribution in [0.25, 0.3) is 53.4 Å². The normalized spacial score (nSPS) is 12.7. The van der Waals surface area contributed by atoms with E-state index in [-0.39, 0.29) is 5.41 Å². The summed E-state index contributed by atoms with van der Waals surface area (Å²) >= 11 is 3.59. The standard InChI is InChI=1S/C26H21NOS2/c1-14-13-30-22-12-21-18(11-17(14)22)23-20(28-21)5-7-27-24(23)16-9-15-6-8-29-25(15)19(10-16)26(2,3)4/h5-13H,1-4H3. The Kier molecular flexibility index (Phi) is 3.72. The highest BCUT2D eigenvalue weighted by Gasteiger charge is 2.21. The summed E-state index contributed by atoms with van der Waals surface area (Å²) in [5.74, 6) is 0. The van der Waals surface area contributed by atoms with E-state index in [0.717, 1.165) is 33.2 Å². The van der Waals surface area contributed by atoms with Gasteiger partial charge in [0.15, 0.2) is 0 Å². The zero-order valence-electron chi connectivity index (χ0n) is 17.4. The predicted octanol–water partition coefficient (Wildman–Crippen LogP) is 8.68. The Hall–Kier alpha value is -2.69. The first-order chi connectivity index (χ1) is 14.4. The highest BCUT2D eigenvalue weighted by Crippen LogP contribution is 2.42. The Morgan fingerprint density at radius 1 is 0.933 bits per heavy atom. The summed E-state index contributed by atoms with van der Waals surface area (Å²) in [7, 11) is 0. The van der Waals surface area contributed by atoms with Gasteiger partial charge in [0.1, 0.15) is 11.2 Å². The maximum absolute atomic E-state index is 6.27. The highest BCUT2D eigenvalue weighted by molar-refractivity contribution is 7.17. The van der Waals surface area contributed by atoms with Crippen LogP contribution in [0.5, 0.6) is 0 Å². The number of furan rings is 1. The lowest BCUT2D eigenvalue weighted by Gasteiger charge is -2.21. The van der Waals surface area contributed by atoms with Crippen molar-refractivity contribution in [3.8, 4) is 11.3 Å². The summed E-state index contributed by atoms with van der Waals surface area (Å²) in [6.07, 6.45) is 1.86. The lowest BCUT2D eigenvalue weighted by atomic mass is 9.85. The molecule has 0 amide bonds. The first-order valence-electron chi connectivity index (χ1n) is 10.1. The number of pyridine rings is 1. The van der Waals surface area contributed by atoms with Crippen LogP contribution >= 0.6 is 22.7 Å². The molecule has 0 aliphatic rings. The Balaban J connectivity index is 1.72. The van der Waals surface area contributed by atoms with Crippen LogP contribution in [0.3, 0.4) is 0 Å². The van der Waals surface area contributed by atoms with Gasteiger partial charge < -0.3 is 4.42 Å². The molecule has 0 unspecified atom stereocenters. The van der Waals surface area contributed by atoms with Gasteiger partial charge in [-0.2, -0.15) is 0 Å². The molecule has 148 valence electrons. The summed E-state index contributed by atoms with van der Waals surface area (Å²) in [5, 5.41) is 9.23. The van der Waals surface area contributed by atoms with Crippen molar-refractivity contribution in [3.05, 3.63) is 64.5 Å². The van der Waals surface area contributed by atoms with Crippen LogP contribution in [0.2, 0.25) is 0 Å². The van der Waals surface area contributed by atoms with Crippen molar-refractivity contribution in [1.29, 1.82) is 0 Å². The highest BCUT2D eigenvalue weighted by atomic mass is 32.1. The number of rotatable bonds is 1. The molecule has 6 aromatic rings. The van der Waals surface area contributed by atoms with E-state index in [0.29, 0.717) is 0 Å². The molecule has 4 aromatic heterocycles. The second kappa shape index (κ2) is 6.16. The molecule has 0 fully saturated rings. The van der Waals surface area contributed by atoms with Gasteiger partial charge in [-0.1, -0.05) is 20.8 Å². The Morgan fingerprint density at radius 3 is 2.63 bits per heavy atom. The smallest absolute Gasteiger partial charge is 0.139 e. The predicted molar refractivity (Wildman–Crippen MR) is 131 cm³/mol. The van der Waals surface area contributed by atoms with E-state index in [1.165, 1.54) is 31.3 Å². The van der Waals surface area contributed by atoms with Crippen LogP contribution in [-0.2, 0) is 5.41 Å². The number of hydrogen-bond donors (Lipinski definition) is 0. The molecule has 0 bridgehead atoms. The van der Waals surface area contributed by atoms with Crippen molar-refractivity contribution in [2.75, 3.05) is 0 Å². The molecule has 0 atom stereocenters. The third kappa shape index (κ3) is 2.57. The summed E-state index contributed by atoms with van der Waals surface area (Å²) in [6, 6.07) is 13.2. The van der Waals surface area contributed by atoms with Crippen LogP contribution in [0.1, 0.15) is 31.9 Å². The van der Waals surface area contributed by atoms with Gasteiger partial charge in [0, 0.05) is 26.5 Å². The molecule has 2 aromatic carbocycles. The number of thiophene rings is 2. The van der Waals surface area contributed by atoms with E-state index in [1.807, 2.05) is 23.6 Å². The molecular formula is C26H21NOS2. The quantitative estimate of drug-likeness (QED) is 0.262. The molecule has 0 aliphatic heterocycles. The molecule has 0 aliphatic carbocycles. The largest absolute Gasteiger partial charge is 0.456 e. The fourth-order valence-electron chi connectivity index (χ4n) is 4.36. The Labute approximate surface area is 182 Å². The summed E-state index contributed by atoms with van der Waals surface area (Å²) in [6.45, 7) is 9.01. The van der Waals surface area contributed by atoms with Crippen LogP contribution in [0.4, 0.5) is 0 Å². The van der Waals surface area contributed by atoms with Gasteiger partial charge >= 0.3 is 0 Å². The van der Waals surface area contributed by atoms with Gasteiger partial charge in [-0.3, -0.25) is 4.98 Å². The van der Waals surface area contributed by atoms with Crippen molar-refractivity contribution < 1.29 is 4.42 Å². The molecule has 0 radical (unpaired) electrons. The number of nitrogens with zero attached hydrogens (tertiary/aromatic N) is 1. The lowest BCUT2D eigenvalue weighted by molar-refractivity contribution is 0.597. The first-order valence-corrected chi connectivity index (χ1v) is 11.9. The first kappa shape index (κ1) is 18.1. The second-order valence-electron chi connectivity index (χ2n) is 9.01. The van der Waals surface area contributed by atoms with Gasteiger partial charge in [0.2, 0.25) is 0 Å². The average Bonchev–Trinajstić information content (AvgIpc) is 3.41. The van der Waals surface area contributed by atoms with E-state index in [1.54, 1.807) is 11.3 Å². The molecule has 0 saturated carbocycles. The zero-order chi connectivity index (χ0) is 20.6. The molecule has 0 N–H and O–H groups in total. The maximum Gasteiger partial charge on any atom is 0.139 e. The number of hydrogen-bond acceptors (Lipinski definition) is 4. The Bertz CT molecular complexity index is 1590. The number of aryl methyl sites for hydroxylation is 1. The molecule has 6 rings (SSSR count). The molecule has 0 spiro atoms. The van der Waals surface area contributed by atoms with Crippen LogP contribution in [-0.4, -0.2) is 4.98 Å². The monoisotopic (exact) mass is 427 g/mol. The third-order valence-electron chi connectivity index (χ3n) is 5.90. The number of benzene rings is 2. The van der Waals surface area contributed by atoms with E-state index in [2.05, 4.69) is 68.8 Å². The van der Waals surface area contributed by atoms with E-state index in [4.69, 9.17) is 9.40 Å². The molecule has 30 heavy (non-hydrogen) atoms. The molecular weight excluding hydrogens is 406 g/mol. The SMILES string of the molecule is Cc1csc2cc3oc4ccnc(-c5cc(C(C)(C)C)c6sccc6c5)c4c3cc12. The summed E-state index contributed by atoms with van der Waals surface area (Å²) in [4.78, 5) is 4.85. The fraction of sp³-hybridized carbons (Fsp3) is 0.192. The molecule has 0 saturated heterocycles. The third-order valence-corrected chi connectivity index (χ3v) is 7.93. The summed E-state index contributed by atoms with van der Waals surface area (Å²) < 4.78 is 8.90. The van der Waals surface area contributed by atoms with Crippen molar-refractivity contribution in [2.45, 2.75) is 33.1 Å². The topological polar surface area (TPSA) is 26.0 Å². The van der Waals surface area contributed by atoms with Crippen LogP contribution < -0.4 is 0 Å².